The molecule has 0 radical (unpaired) electrons. The number of hydrogen-bond acceptors (Lipinski definition) is 7. The summed E-state index contributed by atoms with van der Waals surface area (Å²) in [5.74, 6) is -0.436. The molecular formula is C17H23N5O3. The van der Waals surface area contributed by atoms with Gasteiger partial charge in [-0.1, -0.05) is 0 Å². The normalized spacial score (nSPS) is 18.2. The lowest BCUT2D eigenvalue weighted by atomic mass is 9.95. The van der Waals surface area contributed by atoms with E-state index in [1.165, 1.54) is 13.3 Å². The van der Waals surface area contributed by atoms with Crippen LogP contribution in [0.15, 0.2) is 30.7 Å². The summed E-state index contributed by atoms with van der Waals surface area (Å²) in [6, 6.07) is 5.74. The summed E-state index contributed by atoms with van der Waals surface area (Å²) in [4.78, 5) is 16.3. The predicted octanol–water partition coefficient (Wildman–Crippen LogP) is 1.18. The number of imidazole rings is 1. The maximum absolute atomic E-state index is 12.1. The molecule has 0 bridgehead atoms. The molecule has 0 aliphatic carbocycles. The summed E-state index contributed by atoms with van der Waals surface area (Å²) in [5.41, 5.74) is 2.33. The summed E-state index contributed by atoms with van der Waals surface area (Å²) in [6.07, 6.45) is 3.72. The van der Waals surface area contributed by atoms with Crippen LogP contribution in [0, 0.1) is 0 Å². The van der Waals surface area contributed by atoms with Crippen molar-refractivity contribution >= 4 is 11.7 Å². The highest BCUT2D eigenvalue weighted by molar-refractivity contribution is 5.87. The van der Waals surface area contributed by atoms with Gasteiger partial charge in [-0.15, -0.1) is 0 Å². The van der Waals surface area contributed by atoms with Crippen LogP contribution >= 0.6 is 0 Å². The average molecular weight is 345 g/mol. The van der Waals surface area contributed by atoms with E-state index in [-0.39, 0.29) is 6.04 Å². The fraction of sp³-hybridized carbons (Fsp3) is 0.412. The number of anilines is 1. The average Bonchev–Trinajstić information content (AvgIpc) is 3.15. The van der Waals surface area contributed by atoms with Crippen molar-refractivity contribution in [1.82, 2.24) is 20.2 Å². The number of nitrogens with one attached hydrogen (secondary N) is 3. The number of hydrogen-bond donors (Lipinski definition) is 3. The molecule has 1 aliphatic heterocycles. The fourth-order valence-electron chi connectivity index (χ4n) is 3.16. The molecule has 0 saturated carbocycles. The molecule has 8 nitrogen and oxygen atoms in total. The molecule has 1 atom stereocenters. The van der Waals surface area contributed by atoms with Gasteiger partial charge in [-0.2, -0.15) is 0 Å². The molecule has 0 spiro atoms. The molecule has 134 valence electrons. The van der Waals surface area contributed by atoms with Crippen molar-refractivity contribution in [3.63, 3.8) is 0 Å². The zero-order valence-electron chi connectivity index (χ0n) is 14.8. The molecule has 1 aliphatic rings. The van der Waals surface area contributed by atoms with Gasteiger partial charge in [0.25, 0.3) is 0 Å². The molecule has 2 heterocycles. The summed E-state index contributed by atoms with van der Waals surface area (Å²) < 4.78 is 12.9. The lowest BCUT2D eigenvalue weighted by molar-refractivity contribution is -0.0196. The lowest BCUT2D eigenvalue weighted by Gasteiger charge is -2.42. The molecule has 1 aromatic carbocycles. The Morgan fingerprint density at radius 2 is 2.12 bits per heavy atom. The third kappa shape index (κ3) is 2.94. The van der Waals surface area contributed by atoms with Crippen LogP contribution in [0.1, 0.15) is 28.5 Å². The van der Waals surface area contributed by atoms with E-state index in [9.17, 15) is 4.79 Å². The summed E-state index contributed by atoms with van der Waals surface area (Å²) in [5, 5.41) is 9.52. The van der Waals surface area contributed by atoms with Gasteiger partial charge in [-0.3, -0.25) is 10.6 Å². The molecule has 25 heavy (non-hydrogen) atoms. The van der Waals surface area contributed by atoms with Gasteiger partial charge in [0.05, 0.1) is 25.7 Å². The van der Waals surface area contributed by atoms with Crippen molar-refractivity contribution in [1.29, 1.82) is 0 Å². The fourth-order valence-corrected chi connectivity index (χ4v) is 3.16. The van der Waals surface area contributed by atoms with Crippen molar-refractivity contribution in [2.24, 2.45) is 0 Å². The van der Waals surface area contributed by atoms with E-state index in [0.29, 0.717) is 12.1 Å². The molecule has 0 fully saturated rings. The third-order valence-electron chi connectivity index (χ3n) is 4.63. The number of rotatable bonds is 5. The lowest BCUT2D eigenvalue weighted by Crippen LogP contribution is -2.61. The van der Waals surface area contributed by atoms with Crippen LogP contribution in [0.25, 0.3) is 0 Å². The van der Waals surface area contributed by atoms with E-state index in [1.807, 2.05) is 43.9 Å². The van der Waals surface area contributed by atoms with Crippen LogP contribution in [-0.2, 0) is 4.74 Å². The number of aromatic nitrogens is 2. The standard InChI is InChI=1S/C17H23N5O3/c1-18-11-5-6-15-12(7-11)13(8-17(19-2,20-3)25-15)22-10-21-9-14(22)16(23)24-4/h5-7,9-10,13,18-20H,8H2,1-4H3. The second kappa shape index (κ2) is 6.73. The molecular weight excluding hydrogens is 322 g/mol. The molecule has 1 unspecified atom stereocenters. The van der Waals surface area contributed by atoms with Gasteiger partial charge in [0.1, 0.15) is 11.4 Å². The van der Waals surface area contributed by atoms with Crippen molar-refractivity contribution in [3.05, 3.63) is 42.0 Å². The Morgan fingerprint density at radius 3 is 2.76 bits per heavy atom. The Bertz CT molecular complexity index is 769. The quantitative estimate of drug-likeness (QED) is 0.554. The van der Waals surface area contributed by atoms with E-state index in [4.69, 9.17) is 9.47 Å². The minimum absolute atomic E-state index is 0.159. The van der Waals surface area contributed by atoms with Crippen molar-refractivity contribution < 1.29 is 14.3 Å². The first kappa shape index (κ1) is 17.2. The second-order valence-electron chi connectivity index (χ2n) is 5.83. The third-order valence-corrected chi connectivity index (χ3v) is 4.63. The minimum atomic E-state index is -0.753. The minimum Gasteiger partial charge on any atom is -0.464 e. The van der Waals surface area contributed by atoms with Crippen LogP contribution in [0.4, 0.5) is 5.69 Å². The molecule has 1 aromatic heterocycles. The summed E-state index contributed by atoms with van der Waals surface area (Å²) in [6.45, 7) is 0. The number of carbonyl (C=O) groups is 1. The maximum Gasteiger partial charge on any atom is 0.356 e. The Hall–Kier alpha value is -2.58. The van der Waals surface area contributed by atoms with E-state index in [1.54, 1.807) is 6.33 Å². The van der Waals surface area contributed by atoms with E-state index < -0.39 is 11.8 Å². The highest BCUT2D eigenvalue weighted by Crippen LogP contribution is 2.41. The number of fused-ring (bicyclic) bond motifs is 1. The monoisotopic (exact) mass is 345 g/mol. The van der Waals surface area contributed by atoms with Crippen molar-refractivity contribution in [2.45, 2.75) is 18.3 Å². The van der Waals surface area contributed by atoms with Crippen LogP contribution in [-0.4, -0.2) is 49.6 Å². The van der Waals surface area contributed by atoms with E-state index >= 15 is 0 Å². The van der Waals surface area contributed by atoms with Crippen LogP contribution < -0.4 is 20.7 Å². The van der Waals surface area contributed by atoms with Gasteiger partial charge < -0.3 is 19.4 Å². The Morgan fingerprint density at radius 1 is 1.36 bits per heavy atom. The number of benzene rings is 1. The topological polar surface area (TPSA) is 89.4 Å². The number of nitrogens with zero attached hydrogens (tertiary/aromatic N) is 2. The van der Waals surface area contributed by atoms with Gasteiger partial charge in [0.2, 0.25) is 5.85 Å². The highest BCUT2D eigenvalue weighted by Gasteiger charge is 2.41. The van der Waals surface area contributed by atoms with Gasteiger partial charge in [0.15, 0.2) is 0 Å². The second-order valence-corrected chi connectivity index (χ2v) is 5.83. The molecule has 2 aromatic rings. The van der Waals surface area contributed by atoms with Crippen LogP contribution in [0.3, 0.4) is 0 Å². The number of carbonyl (C=O) groups excluding carboxylic acids is 1. The molecule has 3 N–H and O–H groups in total. The molecule has 8 heteroatoms. The molecule has 3 rings (SSSR count). The Labute approximate surface area is 146 Å². The SMILES string of the molecule is CNc1ccc2c(c1)C(n1cncc1C(=O)OC)CC(NC)(NC)O2. The Kier molecular flexibility index (Phi) is 4.65. The van der Waals surface area contributed by atoms with Crippen molar-refractivity contribution in [3.8, 4) is 5.75 Å². The van der Waals surface area contributed by atoms with E-state index in [0.717, 1.165) is 17.0 Å². The molecule has 0 saturated heterocycles. The van der Waals surface area contributed by atoms with Crippen LogP contribution in [0.2, 0.25) is 0 Å². The zero-order valence-corrected chi connectivity index (χ0v) is 14.8. The van der Waals surface area contributed by atoms with Gasteiger partial charge in [-0.25, -0.2) is 9.78 Å². The number of ether oxygens (including phenoxy) is 2. The van der Waals surface area contributed by atoms with Gasteiger partial charge in [0, 0.05) is 24.7 Å². The summed E-state index contributed by atoms with van der Waals surface area (Å²) >= 11 is 0. The van der Waals surface area contributed by atoms with Gasteiger partial charge in [-0.05, 0) is 32.3 Å². The first-order valence-electron chi connectivity index (χ1n) is 8.06. The predicted molar refractivity (Wildman–Crippen MR) is 93.8 cm³/mol. The summed E-state index contributed by atoms with van der Waals surface area (Å²) in [7, 11) is 6.89. The zero-order chi connectivity index (χ0) is 18.0. The first-order valence-corrected chi connectivity index (χ1v) is 8.06. The van der Waals surface area contributed by atoms with Crippen LogP contribution in [0.5, 0.6) is 5.75 Å². The largest absolute Gasteiger partial charge is 0.464 e. The maximum atomic E-state index is 12.1. The smallest absolute Gasteiger partial charge is 0.356 e. The highest BCUT2D eigenvalue weighted by atomic mass is 16.5. The Balaban J connectivity index is 2.14. The van der Waals surface area contributed by atoms with E-state index in [2.05, 4.69) is 20.9 Å². The van der Waals surface area contributed by atoms with Crippen molar-refractivity contribution in [2.75, 3.05) is 33.6 Å². The molecule has 0 amide bonds. The number of esters is 1. The van der Waals surface area contributed by atoms with Gasteiger partial charge >= 0.3 is 5.97 Å². The first-order chi connectivity index (χ1) is 12.1. The number of methoxy groups -OCH3 is 1.